The first-order chi connectivity index (χ1) is 10.5. The Morgan fingerprint density at radius 3 is 2.68 bits per heavy atom. The predicted octanol–water partition coefficient (Wildman–Crippen LogP) is 2.45. The largest absolute Gasteiger partial charge is 0.446 e. The standard InChI is InChI=1S/C16H19FN2O3/c17-13-6-5-9(11-8-14(11)22-16(18)21)7-12(13)15(20)19-10-3-1-2-4-10/h5-7,10-11,14H,1-4,8H2,(H2,18,21)(H,19,20)/t11-,14+/m0/s1. The molecule has 0 bridgehead atoms. The van der Waals surface area contributed by atoms with Gasteiger partial charge < -0.3 is 15.8 Å². The van der Waals surface area contributed by atoms with E-state index in [0.717, 1.165) is 31.2 Å². The predicted molar refractivity (Wildman–Crippen MR) is 77.9 cm³/mol. The Kier molecular flexibility index (Phi) is 4.00. The number of nitrogens with two attached hydrogens (primary N) is 1. The van der Waals surface area contributed by atoms with Gasteiger partial charge in [0.1, 0.15) is 11.9 Å². The van der Waals surface area contributed by atoms with Crippen LogP contribution in [0.15, 0.2) is 18.2 Å². The molecule has 0 saturated heterocycles. The second kappa shape index (κ2) is 5.94. The topological polar surface area (TPSA) is 81.4 Å². The maximum atomic E-state index is 13.9. The second-order valence-electron chi connectivity index (χ2n) is 6.01. The van der Waals surface area contributed by atoms with Crippen LogP contribution < -0.4 is 11.1 Å². The fraction of sp³-hybridized carbons (Fsp3) is 0.500. The first kappa shape index (κ1) is 14.8. The molecule has 1 aromatic carbocycles. The Labute approximate surface area is 128 Å². The molecular weight excluding hydrogens is 287 g/mol. The number of amides is 2. The van der Waals surface area contributed by atoms with Crippen LogP contribution in [0, 0.1) is 5.82 Å². The van der Waals surface area contributed by atoms with Crippen LogP contribution in [0.1, 0.15) is 53.9 Å². The number of ether oxygens (including phenoxy) is 1. The molecule has 2 amide bonds. The van der Waals surface area contributed by atoms with Crippen molar-refractivity contribution in [2.45, 2.75) is 50.2 Å². The zero-order valence-corrected chi connectivity index (χ0v) is 12.2. The minimum Gasteiger partial charge on any atom is -0.446 e. The quantitative estimate of drug-likeness (QED) is 0.896. The Bertz CT molecular complexity index is 599. The molecule has 0 aromatic heterocycles. The average molecular weight is 306 g/mol. The van der Waals surface area contributed by atoms with Gasteiger partial charge in [0, 0.05) is 12.0 Å². The normalized spacial score (nSPS) is 24.0. The minimum atomic E-state index is -0.811. The van der Waals surface area contributed by atoms with Gasteiger partial charge in [0.05, 0.1) is 5.56 Å². The third-order valence-corrected chi connectivity index (χ3v) is 4.35. The van der Waals surface area contributed by atoms with E-state index < -0.39 is 11.9 Å². The fourth-order valence-electron chi connectivity index (χ4n) is 3.08. The molecule has 0 aliphatic heterocycles. The highest BCUT2D eigenvalue weighted by Gasteiger charge is 2.42. The van der Waals surface area contributed by atoms with Crippen LogP contribution in [-0.4, -0.2) is 24.1 Å². The van der Waals surface area contributed by atoms with Gasteiger partial charge in [-0.25, -0.2) is 9.18 Å². The number of carbonyl (C=O) groups excluding carboxylic acids is 2. The van der Waals surface area contributed by atoms with Crippen LogP contribution in [0.4, 0.5) is 9.18 Å². The first-order valence-corrected chi connectivity index (χ1v) is 7.61. The smallest absolute Gasteiger partial charge is 0.404 e. The molecule has 0 spiro atoms. The molecule has 2 aliphatic carbocycles. The van der Waals surface area contributed by atoms with Crippen molar-refractivity contribution < 1.29 is 18.7 Å². The summed E-state index contributed by atoms with van der Waals surface area (Å²) in [5, 5.41) is 2.88. The van der Waals surface area contributed by atoms with Crippen molar-refractivity contribution in [1.82, 2.24) is 5.32 Å². The van der Waals surface area contributed by atoms with Gasteiger partial charge >= 0.3 is 6.09 Å². The van der Waals surface area contributed by atoms with E-state index in [0.29, 0.717) is 6.42 Å². The summed E-state index contributed by atoms with van der Waals surface area (Å²) in [6.07, 6.45) is 3.67. The van der Waals surface area contributed by atoms with Crippen molar-refractivity contribution in [2.75, 3.05) is 0 Å². The molecule has 3 N–H and O–H groups in total. The highest BCUT2D eigenvalue weighted by molar-refractivity contribution is 5.95. The van der Waals surface area contributed by atoms with Gasteiger partial charge in [0.15, 0.2) is 0 Å². The third-order valence-electron chi connectivity index (χ3n) is 4.35. The fourth-order valence-corrected chi connectivity index (χ4v) is 3.08. The Morgan fingerprint density at radius 1 is 1.27 bits per heavy atom. The van der Waals surface area contributed by atoms with E-state index in [9.17, 15) is 14.0 Å². The van der Waals surface area contributed by atoms with Crippen molar-refractivity contribution >= 4 is 12.0 Å². The van der Waals surface area contributed by atoms with E-state index in [-0.39, 0.29) is 29.5 Å². The number of rotatable bonds is 4. The molecule has 0 unspecified atom stereocenters. The van der Waals surface area contributed by atoms with E-state index in [4.69, 9.17) is 10.5 Å². The summed E-state index contributed by atoms with van der Waals surface area (Å²) in [6.45, 7) is 0. The molecule has 0 heterocycles. The summed E-state index contributed by atoms with van der Waals surface area (Å²) in [7, 11) is 0. The number of carbonyl (C=O) groups is 2. The Morgan fingerprint density at radius 2 is 2.00 bits per heavy atom. The van der Waals surface area contributed by atoms with E-state index in [1.54, 1.807) is 12.1 Å². The molecule has 6 heteroatoms. The lowest BCUT2D eigenvalue weighted by Gasteiger charge is -2.13. The van der Waals surface area contributed by atoms with Crippen LogP contribution in [-0.2, 0) is 4.74 Å². The summed E-state index contributed by atoms with van der Waals surface area (Å²) in [6, 6.07) is 4.60. The van der Waals surface area contributed by atoms with Crippen LogP contribution in [0.25, 0.3) is 0 Å². The lowest BCUT2D eigenvalue weighted by molar-refractivity contribution is 0.0933. The molecule has 118 valence electrons. The minimum absolute atomic E-state index is 0.00821. The Balaban J connectivity index is 1.70. The molecule has 2 saturated carbocycles. The van der Waals surface area contributed by atoms with Crippen LogP contribution in [0.5, 0.6) is 0 Å². The van der Waals surface area contributed by atoms with Crippen molar-refractivity contribution in [3.05, 3.63) is 35.1 Å². The molecule has 5 nitrogen and oxygen atoms in total. The summed E-state index contributed by atoms with van der Waals surface area (Å²) < 4.78 is 18.8. The van der Waals surface area contributed by atoms with Crippen LogP contribution >= 0.6 is 0 Å². The lowest BCUT2D eigenvalue weighted by Crippen LogP contribution is -2.33. The lowest BCUT2D eigenvalue weighted by atomic mass is 10.1. The molecule has 3 rings (SSSR count). The highest BCUT2D eigenvalue weighted by atomic mass is 19.1. The first-order valence-electron chi connectivity index (χ1n) is 7.61. The van der Waals surface area contributed by atoms with Gasteiger partial charge in [0.2, 0.25) is 0 Å². The van der Waals surface area contributed by atoms with Gasteiger partial charge in [-0.2, -0.15) is 0 Å². The number of primary amides is 1. The average Bonchev–Trinajstić information content (AvgIpc) is 3.02. The van der Waals surface area contributed by atoms with Crippen molar-refractivity contribution in [2.24, 2.45) is 5.73 Å². The number of hydrogen-bond donors (Lipinski definition) is 2. The SMILES string of the molecule is NC(=O)O[C@@H]1C[C@H]1c1ccc(F)c(C(=O)NC2CCCC2)c1. The molecular formula is C16H19FN2O3. The number of nitrogens with one attached hydrogen (secondary N) is 1. The van der Waals surface area contributed by atoms with E-state index >= 15 is 0 Å². The summed E-state index contributed by atoms with van der Waals surface area (Å²) in [4.78, 5) is 22.9. The zero-order chi connectivity index (χ0) is 15.7. The van der Waals surface area contributed by atoms with Crippen molar-refractivity contribution in [3.63, 3.8) is 0 Å². The molecule has 2 aliphatic rings. The van der Waals surface area contributed by atoms with Gasteiger partial charge in [-0.1, -0.05) is 18.9 Å². The summed E-state index contributed by atoms with van der Waals surface area (Å²) >= 11 is 0. The monoisotopic (exact) mass is 306 g/mol. The molecule has 1 aromatic rings. The van der Waals surface area contributed by atoms with Crippen molar-refractivity contribution in [3.8, 4) is 0 Å². The number of hydrogen-bond acceptors (Lipinski definition) is 3. The van der Waals surface area contributed by atoms with Gasteiger partial charge in [-0.3, -0.25) is 4.79 Å². The third kappa shape index (κ3) is 3.21. The Hall–Kier alpha value is -2.11. The molecule has 2 atom stereocenters. The van der Waals surface area contributed by atoms with Crippen molar-refractivity contribution in [1.29, 1.82) is 0 Å². The van der Waals surface area contributed by atoms with Gasteiger partial charge in [0.25, 0.3) is 5.91 Å². The maximum Gasteiger partial charge on any atom is 0.404 e. The molecule has 22 heavy (non-hydrogen) atoms. The van der Waals surface area contributed by atoms with Crippen LogP contribution in [0.2, 0.25) is 0 Å². The number of benzene rings is 1. The molecule has 0 radical (unpaired) electrons. The van der Waals surface area contributed by atoms with Crippen LogP contribution in [0.3, 0.4) is 0 Å². The maximum absolute atomic E-state index is 13.9. The molecule has 2 fully saturated rings. The zero-order valence-electron chi connectivity index (χ0n) is 12.2. The van der Waals surface area contributed by atoms with E-state index in [1.807, 2.05) is 0 Å². The summed E-state index contributed by atoms with van der Waals surface area (Å²) in [5.74, 6) is -0.919. The second-order valence-corrected chi connectivity index (χ2v) is 6.01. The number of halogens is 1. The van der Waals surface area contributed by atoms with Gasteiger partial charge in [-0.05, 0) is 37.0 Å². The van der Waals surface area contributed by atoms with Gasteiger partial charge in [-0.15, -0.1) is 0 Å². The summed E-state index contributed by atoms with van der Waals surface area (Å²) in [5.41, 5.74) is 5.83. The van der Waals surface area contributed by atoms with E-state index in [2.05, 4.69) is 5.32 Å². The van der Waals surface area contributed by atoms with E-state index in [1.165, 1.54) is 6.07 Å². The highest BCUT2D eigenvalue weighted by Crippen LogP contribution is 2.43.